The van der Waals surface area contributed by atoms with Crippen molar-refractivity contribution in [2.45, 2.75) is 25.9 Å². The molecule has 0 aliphatic carbocycles. The number of fused-ring (bicyclic) bond motifs is 2. The van der Waals surface area contributed by atoms with Crippen molar-refractivity contribution in [2.24, 2.45) is 0 Å². The maximum atomic E-state index is 10.9. The van der Waals surface area contributed by atoms with Gasteiger partial charge in [-0.15, -0.1) is 5.10 Å². The number of hydrogen-bond acceptors (Lipinski definition) is 5. The Bertz CT molecular complexity index is 1170. The molecule has 0 unspecified atom stereocenters. The number of aromatic nitrogens is 3. The van der Waals surface area contributed by atoms with Crippen LogP contribution in [0.3, 0.4) is 0 Å². The SMILES string of the molecule is Cc1nc2sc([C@H](c3cccc(Cl)c3)N3CCc4ccccc4C3)c(O)n2n1. The predicted octanol–water partition coefficient (Wildman–Crippen LogP) is 4.61. The van der Waals surface area contributed by atoms with Gasteiger partial charge >= 0.3 is 0 Å². The third-order valence-corrected chi connectivity index (χ3v) is 6.55. The van der Waals surface area contributed by atoms with Gasteiger partial charge in [0.05, 0.1) is 10.9 Å². The zero-order valence-electron chi connectivity index (χ0n) is 15.3. The van der Waals surface area contributed by atoms with Crippen LogP contribution in [0.2, 0.25) is 5.02 Å². The summed E-state index contributed by atoms with van der Waals surface area (Å²) in [7, 11) is 0. The second-order valence-electron chi connectivity index (χ2n) is 7.09. The summed E-state index contributed by atoms with van der Waals surface area (Å²) in [4.78, 5) is 8.38. The average Bonchev–Trinajstić information content (AvgIpc) is 3.20. The molecule has 7 heteroatoms. The summed E-state index contributed by atoms with van der Waals surface area (Å²) >= 11 is 7.79. The molecular formula is C21H19ClN4OS. The standard InChI is InChI=1S/C21H19ClN4OS/c1-13-23-21-26(24-13)20(27)19(28-21)18(15-7-4-8-17(22)11-15)25-10-9-14-5-2-3-6-16(14)12-25/h2-8,11,18,27H,9-10,12H2,1H3/t18-/m0/s1. The van der Waals surface area contributed by atoms with Crippen molar-refractivity contribution in [2.75, 3.05) is 6.54 Å². The number of aromatic hydroxyl groups is 1. The second-order valence-corrected chi connectivity index (χ2v) is 8.54. The molecule has 0 saturated carbocycles. The van der Waals surface area contributed by atoms with Crippen LogP contribution >= 0.6 is 22.9 Å². The van der Waals surface area contributed by atoms with E-state index in [9.17, 15) is 5.11 Å². The first-order chi connectivity index (χ1) is 13.6. The number of halogens is 1. The molecule has 0 bridgehead atoms. The highest BCUT2D eigenvalue weighted by Gasteiger charge is 2.31. The Labute approximate surface area is 171 Å². The lowest BCUT2D eigenvalue weighted by Crippen LogP contribution is -2.34. The molecule has 142 valence electrons. The second kappa shape index (κ2) is 6.88. The van der Waals surface area contributed by atoms with Gasteiger partial charge in [-0.05, 0) is 42.2 Å². The molecule has 3 heterocycles. The van der Waals surface area contributed by atoms with Gasteiger partial charge in [0.1, 0.15) is 5.82 Å². The van der Waals surface area contributed by atoms with Crippen molar-refractivity contribution in [3.63, 3.8) is 0 Å². The maximum Gasteiger partial charge on any atom is 0.230 e. The molecule has 4 aromatic rings. The predicted molar refractivity (Wildman–Crippen MR) is 111 cm³/mol. The molecule has 0 amide bonds. The van der Waals surface area contributed by atoms with Crippen LogP contribution in [0.5, 0.6) is 5.88 Å². The fraction of sp³-hybridized carbons (Fsp3) is 0.238. The fourth-order valence-corrected chi connectivity index (χ4v) is 5.33. The Balaban J connectivity index is 1.63. The number of aryl methyl sites for hydroxylation is 1. The van der Waals surface area contributed by atoms with Gasteiger partial charge in [0.25, 0.3) is 0 Å². The zero-order chi connectivity index (χ0) is 19.3. The monoisotopic (exact) mass is 410 g/mol. The quantitative estimate of drug-likeness (QED) is 0.536. The molecule has 1 aliphatic rings. The van der Waals surface area contributed by atoms with Crippen molar-refractivity contribution in [3.05, 3.63) is 80.9 Å². The van der Waals surface area contributed by atoms with Crippen LogP contribution in [0, 0.1) is 6.92 Å². The molecule has 1 N–H and O–H groups in total. The first-order valence-corrected chi connectivity index (χ1v) is 10.4. The third kappa shape index (κ3) is 2.98. The van der Waals surface area contributed by atoms with E-state index in [2.05, 4.69) is 45.3 Å². The van der Waals surface area contributed by atoms with Gasteiger partial charge in [0.15, 0.2) is 0 Å². The molecular weight excluding hydrogens is 392 g/mol. The summed E-state index contributed by atoms with van der Waals surface area (Å²) < 4.78 is 1.53. The van der Waals surface area contributed by atoms with Crippen molar-refractivity contribution in [1.29, 1.82) is 0 Å². The van der Waals surface area contributed by atoms with E-state index in [0.29, 0.717) is 15.8 Å². The maximum absolute atomic E-state index is 10.9. The summed E-state index contributed by atoms with van der Waals surface area (Å²) in [6, 6.07) is 16.3. The van der Waals surface area contributed by atoms with Crippen LogP contribution in [0.4, 0.5) is 0 Å². The molecule has 28 heavy (non-hydrogen) atoms. The lowest BCUT2D eigenvalue weighted by Gasteiger charge is -2.35. The molecule has 5 nitrogen and oxygen atoms in total. The molecule has 0 spiro atoms. The van der Waals surface area contributed by atoms with E-state index in [1.54, 1.807) is 0 Å². The lowest BCUT2D eigenvalue weighted by atomic mass is 9.96. The van der Waals surface area contributed by atoms with Crippen LogP contribution in [-0.2, 0) is 13.0 Å². The summed E-state index contributed by atoms with van der Waals surface area (Å²) in [6.45, 7) is 3.55. The van der Waals surface area contributed by atoms with E-state index in [1.807, 2.05) is 25.1 Å². The number of benzene rings is 2. The van der Waals surface area contributed by atoms with Gasteiger partial charge in [0, 0.05) is 18.1 Å². The minimum absolute atomic E-state index is 0.110. The van der Waals surface area contributed by atoms with E-state index in [0.717, 1.165) is 30.0 Å². The van der Waals surface area contributed by atoms with E-state index in [1.165, 1.54) is 27.0 Å². The van der Waals surface area contributed by atoms with E-state index in [-0.39, 0.29) is 11.9 Å². The summed E-state index contributed by atoms with van der Waals surface area (Å²) in [6.07, 6.45) is 0.980. The van der Waals surface area contributed by atoms with Crippen molar-refractivity contribution in [3.8, 4) is 5.88 Å². The third-order valence-electron chi connectivity index (χ3n) is 5.24. The van der Waals surface area contributed by atoms with Crippen LogP contribution in [0.1, 0.15) is 33.4 Å². The van der Waals surface area contributed by atoms with E-state index >= 15 is 0 Å². The average molecular weight is 411 g/mol. The molecule has 2 aromatic carbocycles. The van der Waals surface area contributed by atoms with Crippen LogP contribution in [0.25, 0.3) is 4.96 Å². The van der Waals surface area contributed by atoms with Gasteiger partial charge in [-0.25, -0.2) is 4.98 Å². The minimum Gasteiger partial charge on any atom is -0.492 e. The molecule has 0 saturated heterocycles. The topological polar surface area (TPSA) is 53.7 Å². The first kappa shape index (κ1) is 17.7. The van der Waals surface area contributed by atoms with Gasteiger partial charge in [-0.1, -0.05) is 59.3 Å². The van der Waals surface area contributed by atoms with E-state index < -0.39 is 0 Å². The lowest BCUT2D eigenvalue weighted by molar-refractivity contribution is 0.205. The summed E-state index contributed by atoms with van der Waals surface area (Å²) in [5.74, 6) is 0.809. The minimum atomic E-state index is -0.110. The Morgan fingerprint density at radius 2 is 1.96 bits per heavy atom. The zero-order valence-corrected chi connectivity index (χ0v) is 16.9. The van der Waals surface area contributed by atoms with Crippen LogP contribution < -0.4 is 0 Å². The van der Waals surface area contributed by atoms with Gasteiger partial charge in [-0.2, -0.15) is 4.52 Å². The molecule has 1 atom stereocenters. The van der Waals surface area contributed by atoms with Crippen molar-refractivity contribution >= 4 is 27.9 Å². The Hall–Kier alpha value is -2.41. The smallest absolute Gasteiger partial charge is 0.230 e. The number of thiazole rings is 1. The molecule has 1 aliphatic heterocycles. The highest BCUT2D eigenvalue weighted by molar-refractivity contribution is 7.17. The Morgan fingerprint density at radius 1 is 1.14 bits per heavy atom. The van der Waals surface area contributed by atoms with Crippen molar-refractivity contribution in [1.82, 2.24) is 19.5 Å². The fourth-order valence-electron chi connectivity index (χ4n) is 3.97. The largest absolute Gasteiger partial charge is 0.492 e. The molecule has 2 aromatic heterocycles. The number of rotatable bonds is 3. The number of nitrogens with zero attached hydrogens (tertiary/aromatic N) is 4. The Kier molecular flexibility index (Phi) is 4.34. The van der Waals surface area contributed by atoms with E-state index in [4.69, 9.17) is 11.6 Å². The highest BCUT2D eigenvalue weighted by Crippen LogP contribution is 2.42. The first-order valence-electron chi connectivity index (χ1n) is 9.21. The number of hydrogen-bond donors (Lipinski definition) is 1. The molecule has 0 radical (unpaired) electrons. The van der Waals surface area contributed by atoms with Gasteiger partial charge < -0.3 is 5.11 Å². The van der Waals surface area contributed by atoms with Crippen molar-refractivity contribution < 1.29 is 5.11 Å². The highest BCUT2D eigenvalue weighted by atomic mass is 35.5. The van der Waals surface area contributed by atoms with Crippen LogP contribution in [-0.4, -0.2) is 31.1 Å². The van der Waals surface area contributed by atoms with Gasteiger partial charge in [-0.3, -0.25) is 4.90 Å². The summed E-state index contributed by atoms with van der Waals surface area (Å²) in [5, 5.41) is 16.0. The van der Waals surface area contributed by atoms with Crippen LogP contribution in [0.15, 0.2) is 48.5 Å². The normalized spacial score (nSPS) is 15.6. The Morgan fingerprint density at radius 3 is 2.75 bits per heavy atom. The summed E-state index contributed by atoms with van der Waals surface area (Å²) in [5.41, 5.74) is 3.78. The molecule has 0 fully saturated rings. The molecule has 5 rings (SSSR count). The van der Waals surface area contributed by atoms with Gasteiger partial charge in [0.2, 0.25) is 10.8 Å².